The summed E-state index contributed by atoms with van der Waals surface area (Å²) in [4.78, 5) is 0.976. The molecule has 3 rings (SSSR count). The van der Waals surface area contributed by atoms with E-state index in [1.807, 2.05) is 27.7 Å². The van der Waals surface area contributed by atoms with E-state index >= 15 is 17.6 Å². The highest BCUT2D eigenvalue weighted by atomic mass is 19.2. The maximum Gasteiger partial charge on any atom is 0.200 e. The molecule has 2 aromatic carbocycles. The van der Waals surface area contributed by atoms with E-state index in [4.69, 9.17) is 0 Å². The van der Waals surface area contributed by atoms with Crippen LogP contribution in [0.1, 0.15) is 60.3 Å². The monoisotopic (exact) mass is 593 g/mol. The highest BCUT2D eigenvalue weighted by Crippen LogP contribution is 2.28. The van der Waals surface area contributed by atoms with Crippen LogP contribution in [0.2, 0.25) is 6.32 Å². The van der Waals surface area contributed by atoms with Crippen LogP contribution in [0.3, 0.4) is 0 Å². The molecule has 0 aliphatic carbocycles. The number of hydrogen-bond acceptors (Lipinski definition) is 0. The van der Waals surface area contributed by atoms with E-state index in [2.05, 4.69) is 18.3 Å². The van der Waals surface area contributed by atoms with Gasteiger partial charge < -0.3 is 4.90 Å². The van der Waals surface area contributed by atoms with Gasteiger partial charge >= 0.3 is 0 Å². The van der Waals surface area contributed by atoms with Crippen molar-refractivity contribution in [2.75, 3.05) is 6.54 Å². The van der Waals surface area contributed by atoms with Crippen LogP contribution in [0.5, 0.6) is 0 Å². The first-order valence-electron chi connectivity index (χ1n) is 13.1. The van der Waals surface area contributed by atoms with Gasteiger partial charge in [-0.1, -0.05) is 6.58 Å². The van der Waals surface area contributed by atoms with Gasteiger partial charge in [0.05, 0.1) is 17.6 Å². The quantitative estimate of drug-likeness (QED) is 0.143. The van der Waals surface area contributed by atoms with Gasteiger partial charge in [-0.15, -0.1) is 16.8 Å². The zero-order chi connectivity index (χ0) is 31.2. The Bertz CT molecular complexity index is 1310. The lowest BCUT2D eigenvalue weighted by Crippen LogP contribution is -3.26. The number of allylic oxidation sites excluding steroid dienone is 1. The van der Waals surface area contributed by atoms with Crippen molar-refractivity contribution in [3.63, 3.8) is 0 Å². The number of quaternary nitrogens is 1. The predicted molar refractivity (Wildman–Crippen MR) is 137 cm³/mol. The van der Waals surface area contributed by atoms with Gasteiger partial charge in [-0.3, -0.25) is 5.82 Å². The number of hydrogen-bond donors (Lipinski definition) is 1. The summed E-state index contributed by atoms with van der Waals surface area (Å²) in [6, 6.07) is 0. The summed E-state index contributed by atoms with van der Waals surface area (Å²) >= 11 is 0. The fourth-order valence-corrected chi connectivity index (χ4v) is 6.46. The zero-order valence-electron chi connectivity index (χ0n) is 23.3. The number of nitrogens with one attached hydrogen (secondary N) is 1. The van der Waals surface area contributed by atoms with E-state index in [0.29, 0.717) is 0 Å². The average Bonchev–Trinajstić information content (AvgIpc) is 2.88. The molecule has 0 amide bonds. The number of likely N-dealkylation sites (tertiary alicyclic amines) is 1. The maximum absolute atomic E-state index is 15.4. The molecule has 1 aliphatic rings. The number of halogens is 10. The van der Waals surface area contributed by atoms with Gasteiger partial charge in [-0.05, 0) is 53.0 Å². The Labute approximate surface area is 232 Å². The second kappa shape index (κ2) is 11.4. The lowest BCUT2D eigenvalue weighted by atomic mass is 9.17. The Hall–Kier alpha value is -2.94. The molecule has 224 valence electrons. The third kappa shape index (κ3) is 5.62. The topological polar surface area (TPSA) is 4.44 Å². The molecular formula is C29H30BF10N. The molecule has 0 saturated carbocycles. The summed E-state index contributed by atoms with van der Waals surface area (Å²) < 4.78 is 147. The molecule has 1 fully saturated rings. The molecule has 1 heterocycles. The van der Waals surface area contributed by atoms with E-state index in [-0.39, 0.29) is 29.6 Å². The first-order chi connectivity index (χ1) is 18.8. The predicted octanol–water partition coefficient (Wildman–Crippen LogP) is 5.78. The maximum atomic E-state index is 15.4. The standard InChI is InChI=1S/C29H29BF10N/c1-15(2)9-13-30(16-18(31)22(35)26(39)23(36)19(16)32,17-20(33)24(37)27(40)25(38)21(17)34)12-8-14-41-28(3,4)10-7-11-29(41,5)6/h1,7-8,10-12,14H2,2-6H3/q-1/p+1. The molecule has 41 heavy (non-hydrogen) atoms. The molecule has 1 saturated heterocycles. The molecule has 1 aliphatic heterocycles. The summed E-state index contributed by atoms with van der Waals surface area (Å²) in [5.41, 5.74) is -4.25. The molecule has 1 nitrogen and oxygen atoms in total. The minimum absolute atomic E-state index is 0.0621. The molecule has 12 heteroatoms. The summed E-state index contributed by atoms with van der Waals surface area (Å²) in [6.07, 6.45) is -2.69. The fraction of sp³-hybridized carbons (Fsp3) is 0.448. The Kier molecular flexibility index (Phi) is 9.05. The Morgan fingerprint density at radius 1 is 0.683 bits per heavy atom. The molecule has 0 bridgehead atoms. The van der Waals surface area contributed by atoms with Crippen LogP contribution < -0.4 is 15.8 Å². The van der Waals surface area contributed by atoms with Crippen molar-refractivity contribution in [1.29, 1.82) is 0 Å². The van der Waals surface area contributed by atoms with Crippen LogP contribution in [-0.2, 0) is 0 Å². The molecule has 0 radical (unpaired) electrons. The van der Waals surface area contributed by atoms with E-state index in [1.165, 1.54) is 6.92 Å². The van der Waals surface area contributed by atoms with Crippen molar-refractivity contribution >= 4 is 17.1 Å². The third-order valence-electron chi connectivity index (χ3n) is 8.31. The summed E-state index contributed by atoms with van der Waals surface area (Å²) in [6.45, 7) is 12.8. The highest BCUT2D eigenvalue weighted by molar-refractivity contribution is 7.08. The van der Waals surface area contributed by atoms with Gasteiger partial charge in [0.2, 0.25) is 0 Å². The molecule has 0 atom stereocenters. The van der Waals surface area contributed by atoms with Gasteiger partial charge in [0.25, 0.3) is 0 Å². The Morgan fingerprint density at radius 3 is 1.37 bits per heavy atom. The lowest BCUT2D eigenvalue weighted by molar-refractivity contribution is -0.999. The number of benzene rings is 2. The zero-order valence-corrected chi connectivity index (χ0v) is 23.3. The minimum Gasteiger partial charge on any atom is -0.326 e. The average molecular weight is 593 g/mol. The van der Waals surface area contributed by atoms with Crippen LogP contribution in [-0.4, -0.2) is 23.8 Å². The van der Waals surface area contributed by atoms with Crippen molar-refractivity contribution < 1.29 is 48.8 Å². The van der Waals surface area contributed by atoms with Gasteiger partial charge in [0.1, 0.15) is 29.4 Å². The number of piperidine rings is 1. The van der Waals surface area contributed by atoms with Crippen molar-refractivity contribution in [3.8, 4) is 11.7 Å². The molecule has 0 spiro atoms. The first-order valence-corrected chi connectivity index (χ1v) is 13.1. The first kappa shape index (κ1) is 32.6. The summed E-state index contributed by atoms with van der Waals surface area (Å²) in [7, 11) is 0. The Balaban J connectivity index is 2.41. The third-order valence-corrected chi connectivity index (χ3v) is 8.31. The highest BCUT2D eigenvalue weighted by Gasteiger charge is 2.46. The Morgan fingerprint density at radius 2 is 1.02 bits per heavy atom. The molecule has 0 aromatic heterocycles. The second-order valence-corrected chi connectivity index (χ2v) is 12.1. The van der Waals surface area contributed by atoms with Crippen LogP contribution >= 0.6 is 0 Å². The minimum atomic E-state index is -4.17. The lowest BCUT2D eigenvalue weighted by Gasteiger charge is -2.50. The van der Waals surface area contributed by atoms with Gasteiger partial charge in [-0.2, -0.15) is 6.32 Å². The number of rotatable bonds is 6. The SMILES string of the molecule is C=C(C)C#C[B-](CCC[NH+]1C(C)(C)CCCC1(C)C)(c1c(F)c(F)c(F)c(F)c1F)c1c(F)c(F)c(F)c(F)c1F. The van der Waals surface area contributed by atoms with E-state index in [9.17, 15) is 26.3 Å². The summed E-state index contributed by atoms with van der Waals surface area (Å²) in [5.74, 6) is -20.4. The summed E-state index contributed by atoms with van der Waals surface area (Å²) in [5, 5.41) is 0. The van der Waals surface area contributed by atoms with E-state index in [1.54, 1.807) is 0 Å². The smallest absolute Gasteiger partial charge is 0.200 e. The van der Waals surface area contributed by atoms with Gasteiger partial charge in [-0.25, -0.2) is 43.9 Å². The van der Waals surface area contributed by atoms with E-state index in [0.717, 1.165) is 24.2 Å². The van der Waals surface area contributed by atoms with Crippen LogP contribution in [0.15, 0.2) is 12.2 Å². The van der Waals surface area contributed by atoms with Crippen LogP contribution in [0.25, 0.3) is 0 Å². The van der Waals surface area contributed by atoms with Crippen molar-refractivity contribution in [2.45, 2.75) is 77.7 Å². The molecular weight excluding hydrogens is 563 g/mol. The van der Waals surface area contributed by atoms with Crippen LogP contribution in [0, 0.1) is 69.9 Å². The molecule has 2 aromatic rings. The van der Waals surface area contributed by atoms with Crippen LogP contribution in [0.4, 0.5) is 43.9 Å². The second-order valence-electron chi connectivity index (χ2n) is 12.1. The van der Waals surface area contributed by atoms with Gasteiger partial charge in [0, 0.05) is 12.8 Å². The van der Waals surface area contributed by atoms with Gasteiger partial charge in [0.15, 0.2) is 34.9 Å². The van der Waals surface area contributed by atoms with Crippen molar-refractivity contribution in [1.82, 2.24) is 0 Å². The molecule has 0 unspecified atom stereocenters. The largest absolute Gasteiger partial charge is 0.326 e. The van der Waals surface area contributed by atoms with Crippen molar-refractivity contribution in [2.24, 2.45) is 0 Å². The normalized spacial score (nSPS) is 16.9. The molecule has 1 N–H and O–H groups in total. The van der Waals surface area contributed by atoms with Crippen molar-refractivity contribution in [3.05, 3.63) is 70.3 Å². The van der Waals surface area contributed by atoms with E-state index < -0.39 is 81.6 Å². The fourth-order valence-electron chi connectivity index (χ4n) is 6.46.